The van der Waals surface area contributed by atoms with Crippen LogP contribution in [0.25, 0.3) is 0 Å². The highest BCUT2D eigenvalue weighted by Gasteiger charge is 2.45. The van der Waals surface area contributed by atoms with Crippen LogP contribution < -0.4 is 9.47 Å². The third-order valence-corrected chi connectivity index (χ3v) is 10.1. The SMILES string of the molecule is CCOc1ccc(C2=N[C@H](CC3CCCC3)[C@H](c3ccc(Cl)cc3)N2C(=O)N2CCC(N3CCCC3)CC2)c(OCC)c1. The average molecular weight is 607 g/mol. The van der Waals surface area contributed by atoms with E-state index in [2.05, 4.69) is 21.9 Å². The summed E-state index contributed by atoms with van der Waals surface area (Å²) in [6, 6.07) is 14.4. The van der Waals surface area contributed by atoms with Gasteiger partial charge in [0, 0.05) is 30.2 Å². The molecule has 4 aliphatic rings. The maximum absolute atomic E-state index is 14.7. The van der Waals surface area contributed by atoms with E-state index in [1.165, 1.54) is 51.6 Å². The van der Waals surface area contributed by atoms with Crippen LogP contribution in [0.3, 0.4) is 0 Å². The van der Waals surface area contributed by atoms with Gasteiger partial charge in [0.25, 0.3) is 0 Å². The Bertz CT molecular complexity index is 1260. The van der Waals surface area contributed by atoms with Gasteiger partial charge in [0.05, 0.1) is 30.9 Å². The molecule has 0 unspecified atom stereocenters. The molecule has 6 rings (SSSR count). The van der Waals surface area contributed by atoms with Crippen LogP contribution in [0, 0.1) is 5.92 Å². The number of nitrogens with zero attached hydrogens (tertiary/aromatic N) is 4. The van der Waals surface area contributed by atoms with Gasteiger partial charge < -0.3 is 19.3 Å². The van der Waals surface area contributed by atoms with Crippen LogP contribution in [0.2, 0.25) is 5.02 Å². The van der Waals surface area contributed by atoms with E-state index in [0.29, 0.717) is 41.8 Å². The zero-order chi connectivity index (χ0) is 29.8. The van der Waals surface area contributed by atoms with Crippen molar-refractivity contribution < 1.29 is 14.3 Å². The normalized spacial score (nSPS) is 23.7. The molecule has 2 aromatic rings. The van der Waals surface area contributed by atoms with E-state index in [-0.39, 0.29) is 18.1 Å². The number of ether oxygens (including phenoxy) is 2. The molecule has 0 radical (unpaired) electrons. The van der Waals surface area contributed by atoms with Crippen LogP contribution in [-0.4, -0.2) is 78.0 Å². The third-order valence-electron chi connectivity index (χ3n) is 9.82. The number of rotatable bonds is 9. The highest BCUT2D eigenvalue weighted by molar-refractivity contribution is 6.30. The standard InChI is InChI=1S/C35H47ClN4O3/c1-3-42-29-15-16-30(32(24-29)43-4-2)34-37-31(23-25-9-5-6-10-25)33(26-11-13-27(36)14-12-26)40(34)35(41)39-21-17-28(18-22-39)38-19-7-8-20-38/h11-16,24-25,28,31,33H,3-10,17-23H2,1-2H3/t31-,33+/m1/s1. The van der Waals surface area contributed by atoms with Crippen LogP contribution in [0.1, 0.15) is 88.8 Å². The fourth-order valence-corrected chi connectivity index (χ4v) is 7.83. The van der Waals surface area contributed by atoms with Crippen LogP contribution in [0.5, 0.6) is 11.5 Å². The number of likely N-dealkylation sites (tertiary alicyclic amines) is 2. The summed E-state index contributed by atoms with van der Waals surface area (Å²) in [5.41, 5.74) is 1.92. The molecule has 232 valence electrons. The summed E-state index contributed by atoms with van der Waals surface area (Å²) in [6.45, 7) is 8.99. The molecule has 0 N–H and O–H groups in total. The summed E-state index contributed by atoms with van der Waals surface area (Å²) >= 11 is 6.35. The maximum atomic E-state index is 14.7. The summed E-state index contributed by atoms with van der Waals surface area (Å²) in [5.74, 6) is 2.80. The Morgan fingerprint density at radius 2 is 1.58 bits per heavy atom. The summed E-state index contributed by atoms with van der Waals surface area (Å²) < 4.78 is 12.0. The first-order valence-corrected chi connectivity index (χ1v) is 17.0. The molecule has 2 amide bonds. The Morgan fingerprint density at radius 3 is 2.26 bits per heavy atom. The first-order chi connectivity index (χ1) is 21.1. The van der Waals surface area contributed by atoms with Gasteiger partial charge >= 0.3 is 6.03 Å². The molecule has 8 heteroatoms. The quantitative estimate of drug-likeness (QED) is 0.295. The van der Waals surface area contributed by atoms with E-state index in [0.717, 1.165) is 49.2 Å². The molecule has 0 bridgehead atoms. The molecule has 0 aromatic heterocycles. The summed E-state index contributed by atoms with van der Waals surface area (Å²) in [5, 5.41) is 0.697. The van der Waals surface area contributed by atoms with Crippen molar-refractivity contribution in [3.8, 4) is 11.5 Å². The third kappa shape index (κ3) is 6.68. The lowest BCUT2D eigenvalue weighted by atomic mass is 9.90. The molecule has 3 aliphatic heterocycles. The second-order valence-corrected chi connectivity index (χ2v) is 13.0. The molecule has 0 spiro atoms. The minimum absolute atomic E-state index is 0.0357. The van der Waals surface area contributed by atoms with E-state index in [1.807, 2.05) is 49.1 Å². The number of hydrogen-bond acceptors (Lipinski definition) is 5. The molecular formula is C35H47ClN4O3. The van der Waals surface area contributed by atoms with Crippen LogP contribution in [0.4, 0.5) is 4.79 Å². The van der Waals surface area contributed by atoms with Gasteiger partial charge in [0.15, 0.2) is 0 Å². The Balaban J connectivity index is 1.37. The van der Waals surface area contributed by atoms with Crippen molar-refractivity contribution in [2.75, 3.05) is 39.4 Å². The predicted molar refractivity (Wildman–Crippen MR) is 173 cm³/mol. The number of piperidine rings is 1. The van der Waals surface area contributed by atoms with E-state index < -0.39 is 0 Å². The fraction of sp³-hybridized carbons (Fsp3) is 0.600. The predicted octanol–water partition coefficient (Wildman–Crippen LogP) is 7.57. The molecule has 1 aliphatic carbocycles. The van der Waals surface area contributed by atoms with Gasteiger partial charge in [-0.15, -0.1) is 0 Å². The van der Waals surface area contributed by atoms with Crippen molar-refractivity contribution in [1.82, 2.24) is 14.7 Å². The minimum atomic E-state index is -0.197. The average Bonchev–Trinajstić information content (AvgIpc) is 3.81. The zero-order valence-corrected chi connectivity index (χ0v) is 26.6. The minimum Gasteiger partial charge on any atom is -0.494 e. The molecule has 2 saturated heterocycles. The number of halogens is 1. The molecule has 1 saturated carbocycles. The van der Waals surface area contributed by atoms with Crippen LogP contribution in [0.15, 0.2) is 47.5 Å². The molecule has 3 heterocycles. The molecular weight excluding hydrogens is 560 g/mol. The van der Waals surface area contributed by atoms with Crippen molar-refractivity contribution in [3.63, 3.8) is 0 Å². The maximum Gasteiger partial charge on any atom is 0.326 e. The number of urea groups is 1. The summed E-state index contributed by atoms with van der Waals surface area (Å²) in [4.78, 5) is 26.9. The second kappa shape index (κ2) is 13.9. The number of carbonyl (C=O) groups is 1. The summed E-state index contributed by atoms with van der Waals surface area (Å²) in [6.07, 6.45) is 10.6. The highest BCUT2D eigenvalue weighted by Crippen LogP contribution is 2.43. The van der Waals surface area contributed by atoms with E-state index in [1.54, 1.807) is 0 Å². The van der Waals surface area contributed by atoms with Crippen molar-refractivity contribution in [1.29, 1.82) is 0 Å². The van der Waals surface area contributed by atoms with E-state index in [4.69, 9.17) is 26.1 Å². The number of amides is 2. The smallest absolute Gasteiger partial charge is 0.326 e. The van der Waals surface area contributed by atoms with E-state index >= 15 is 0 Å². The Hall–Kier alpha value is -2.77. The first-order valence-electron chi connectivity index (χ1n) is 16.6. The Morgan fingerprint density at radius 1 is 0.884 bits per heavy atom. The van der Waals surface area contributed by atoms with Crippen molar-refractivity contribution in [3.05, 3.63) is 58.6 Å². The van der Waals surface area contributed by atoms with Gasteiger partial charge in [-0.25, -0.2) is 4.79 Å². The lowest BCUT2D eigenvalue weighted by molar-refractivity contribution is 0.116. The number of aliphatic imine (C=N–C) groups is 1. The molecule has 2 aromatic carbocycles. The number of amidine groups is 1. The highest BCUT2D eigenvalue weighted by atomic mass is 35.5. The van der Waals surface area contributed by atoms with Gasteiger partial charge in [0.2, 0.25) is 0 Å². The number of hydrogen-bond donors (Lipinski definition) is 0. The summed E-state index contributed by atoms with van der Waals surface area (Å²) in [7, 11) is 0. The lowest BCUT2D eigenvalue weighted by Gasteiger charge is -2.40. The van der Waals surface area contributed by atoms with E-state index in [9.17, 15) is 4.79 Å². The molecule has 2 atom stereocenters. The fourth-order valence-electron chi connectivity index (χ4n) is 7.70. The van der Waals surface area contributed by atoms with Gasteiger partial charge in [-0.1, -0.05) is 49.4 Å². The number of carbonyl (C=O) groups excluding carboxylic acids is 1. The van der Waals surface area contributed by atoms with Crippen LogP contribution >= 0.6 is 11.6 Å². The topological polar surface area (TPSA) is 57.6 Å². The van der Waals surface area contributed by atoms with Gasteiger partial charge in [0.1, 0.15) is 17.3 Å². The molecule has 3 fully saturated rings. The van der Waals surface area contributed by atoms with Gasteiger partial charge in [-0.3, -0.25) is 9.89 Å². The zero-order valence-electron chi connectivity index (χ0n) is 25.8. The second-order valence-electron chi connectivity index (χ2n) is 12.5. The van der Waals surface area contributed by atoms with Crippen molar-refractivity contribution >= 4 is 23.5 Å². The Labute approximate surface area is 262 Å². The monoisotopic (exact) mass is 606 g/mol. The molecule has 43 heavy (non-hydrogen) atoms. The van der Waals surface area contributed by atoms with Gasteiger partial charge in [-0.05, 0) is 94.8 Å². The van der Waals surface area contributed by atoms with Crippen LogP contribution in [-0.2, 0) is 0 Å². The van der Waals surface area contributed by atoms with Crippen molar-refractivity contribution in [2.45, 2.75) is 89.8 Å². The van der Waals surface area contributed by atoms with Gasteiger partial charge in [-0.2, -0.15) is 0 Å². The van der Waals surface area contributed by atoms with Crippen molar-refractivity contribution in [2.24, 2.45) is 10.9 Å². The lowest BCUT2D eigenvalue weighted by Crippen LogP contribution is -2.52. The first kappa shape index (κ1) is 30.3. The molecule has 7 nitrogen and oxygen atoms in total. The largest absolute Gasteiger partial charge is 0.494 e. The Kier molecular flexibility index (Phi) is 9.78. The number of benzene rings is 2.